The van der Waals surface area contributed by atoms with Gasteiger partial charge in [0.2, 0.25) is 0 Å². The molecule has 0 atom stereocenters. The monoisotopic (exact) mass is 231 g/mol. The Bertz CT molecular complexity index is 462. The van der Waals surface area contributed by atoms with Gasteiger partial charge in [0.1, 0.15) is 5.75 Å². The van der Waals surface area contributed by atoms with Crippen LogP contribution in [-0.4, -0.2) is 16.2 Å². The van der Waals surface area contributed by atoms with Gasteiger partial charge >= 0.3 is 0 Å². The topological polar surface area (TPSA) is 39.1 Å². The van der Waals surface area contributed by atoms with Crippen LogP contribution in [0, 0.1) is 0 Å². The molecule has 0 unspecified atom stereocenters. The minimum Gasteiger partial charge on any atom is -0.494 e. The molecule has 1 aromatic carbocycles. The predicted octanol–water partition coefficient (Wildman–Crippen LogP) is 2.43. The van der Waals surface area contributed by atoms with Gasteiger partial charge in [-0.3, -0.25) is 0 Å². The summed E-state index contributed by atoms with van der Waals surface area (Å²) in [6.07, 6.45) is 3.66. The molecule has 0 aliphatic heterocycles. The average molecular weight is 231 g/mol. The Kier molecular flexibility index (Phi) is 3.65. The van der Waals surface area contributed by atoms with E-state index in [0.717, 1.165) is 23.7 Å². The predicted molar refractivity (Wildman–Crippen MR) is 68.1 cm³/mol. The third-order valence-corrected chi connectivity index (χ3v) is 2.56. The minimum atomic E-state index is 0.696. The Balaban J connectivity index is 1.93. The van der Waals surface area contributed by atoms with Crippen LogP contribution in [0.1, 0.15) is 12.6 Å². The first kappa shape index (κ1) is 11.5. The van der Waals surface area contributed by atoms with Crippen LogP contribution in [-0.2, 0) is 13.6 Å². The summed E-state index contributed by atoms with van der Waals surface area (Å²) in [4.78, 5) is 4.08. The van der Waals surface area contributed by atoms with Crippen LogP contribution in [0.15, 0.2) is 36.8 Å². The molecule has 90 valence electrons. The van der Waals surface area contributed by atoms with E-state index < -0.39 is 0 Å². The lowest BCUT2D eigenvalue weighted by Crippen LogP contribution is -2.03. The van der Waals surface area contributed by atoms with E-state index >= 15 is 0 Å². The SMILES string of the molecule is CCOc1ccc(NCc2cncn2C)cc1. The number of nitrogens with zero attached hydrogens (tertiary/aromatic N) is 2. The number of hydrogen-bond acceptors (Lipinski definition) is 3. The van der Waals surface area contributed by atoms with E-state index in [2.05, 4.69) is 10.3 Å². The molecule has 0 saturated carbocycles. The van der Waals surface area contributed by atoms with Crippen LogP contribution in [0.3, 0.4) is 0 Å². The molecule has 2 rings (SSSR count). The van der Waals surface area contributed by atoms with Crippen molar-refractivity contribution in [2.45, 2.75) is 13.5 Å². The highest BCUT2D eigenvalue weighted by Gasteiger charge is 1.98. The van der Waals surface area contributed by atoms with Crippen molar-refractivity contribution in [3.8, 4) is 5.75 Å². The van der Waals surface area contributed by atoms with Crippen molar-refractivity contribution in [1.82, 2.24) is 9.55 Å². The molecule has 0 radical (unpaired) electrons. The molecule has 1 N–H and O–H groups in total. The van der Waals surface area contributed by atoms with Crippen molar-refractivity contribution < 1.29 is 4.74 Å². The van der Waals surface area contributed by atoms with Crippen LogP contribution in [0.2, 0.25) is 0 Å². The molecule has 1 aromatic heterocycles. The highest BCUT2D eigenvalue weighted by atomic mass is 16.5. The lowest BCUT2D eigenvalue weighted by atomic mass is 10.3. The van der Waals surface area contributed by atoms with Gasteiger partial charge < -0.3 is 14.6 Å². The molecule has 0 saturated heterocycles. The number of imidazole rings is 1. The van der Waals surface area contributed by atoms with E-state index in [9.17, 15) is 0 Å². The molecule has 4 heteroatoms. The maximum Gasteiger partial charge on any atom is 0.119 e. The highest BCUT2D eigenvalue weighted by Crippen LogP contribution is 2.16. The van der Waals surface area contributed by atoms with Gasteiger partial charge in [-0.05, 0) is 31.2 Å². The normalized spacial score (nSPS) is 10.2. The van der Waals surface area contributed by atoms with Crippen molar-refractivity contribution in [2.24, 2.45) is 7.05 Å². The second-order valence-corrected chi connectivity index (χ2v) is 3.81. The zero-order chi connectivity index (χ0) is 12.1. The average Bonchev–Trinajstić information content (AvgIpc) is 2.75. The Morgan fingerprint density at radius 1 is 1.29 bits per heavy atom. The first-order valence-electron chi connectivity index (χ1n) is 5.71. The fourth-order valence-corrected chi connectivity index (χ4v) is 1.58. The van der Waals surface area contributed by atoms with Crippen LogP contribution in [0.5, 0.6) is 5.75 Å². The van der Waals surface area contributed by atoms with Crippen LogP contribution >= 0.6 is 0 Å². The molecule has 0 bridgehead atoms. The summed E-state index contributed by atoms with van der Waals surface area (Å²) < 4.78 is 7.39. The fraction of sp³-hybridized carbons (Fsp3) is 0.308. The highest BCUT2D eigenvalue weighted by molar-refractivity contribution is 5.46. The number of ether oxygens (including phenoxy) is 1. The summed E-state index contributed by atoms with van der Waals surface area (Å²) in [7, 11) is 1.99. The van der Waals surface area contributed by atoms with Gasteiger partial charge in [0.25, 0.3) is 0 Å². The zero-order valence-corrected chi connectivity index (χ0v) is 10.2. The van der Waals surface area contributed by atoms with Gasteiger partial charge in [-0.25, -0.2) is 4.98 Å². The molecule has 4 nitrogen and oxygen atoms in total. The molecule has 0 amide bonds. The molecular weight excluding hydrogens is 214 g/mol. The van der Waals surface area contributed by atoms with Gasteiger partial charge in [-0.15, -0.1) is 0 Å². The maximum atomic E-state index is 5.39. The van der Waals surface area contributed by atoms with Crippen LogP contribution in [0.4, 0.5) is 5.69 Å². The summed E-state index contributed by atoms with van der Waals surface area (Å²) >= 11 is 0. The van der Waals surface area contributed by atoms with Crippen LogP contribution < -0.4 is 10.1 Å². The Morgan fingerprint density at radius 2 is 2.06 bits per heavy atom. The Hall–Kier alpha value is -1.97. The summed E-state index contributed by atoms with van der Waals surface area (Å²) in [5.74, 6) is 0.901. The second kappa shape index (κ2) is 5.39. The summed E-state index contributed by atoms with van der Waals surface area (Å²) in [5.41, 5.74) is 2.23. The first-order valence-corrected chi connectivity index (χ1v) is 5.71. The largest absolute Gasteiger partial charge is 0.494 e. The quantitative estimate of drug-likeness (QED) is 0.859. The van der Waals surface area contributed by atoms with E-state index in [1.807, 2.05) is 49.0 Å². The lowest BCUT2D eigenvalue weighted by Gasteiger charge is -2.08. The number of aryl methyl sites for hydroxylation is 1. The van der Waals surface area contributed by atoms with Gasteiger partial charge in [0, 0.05) is 18.9 Å². The van der Waals surface area contributed by atoms with E-state index in [-0.39, 0.29) is 0 Å². The summed E-state index contributed by atoms with van der Waals surface area (Å²) in [6.45, 7) is 3.45. The van der Waals surface area contributed by atoms with E-state index in [1.165, 1.54) is 0 Å². The molecule has 0 aliphatic carbocycles. The maximum absolute atomic E-state index is 5.39. The molecular formula is C13H17N3O. The fourth-order valence-electron chi connectivity index (χ4n) is 1.58. The molecule has 0 fully saturated rings. The van der Waals surface area contributed by atoms with Gasteiger partial charge in [0.05, 0.1) is 25.2 Å². The van der Waals surface area contributed by atoms with E-state index in [4.69, 9.17) is 4.74 Å². The van der Waals surface area contributed by atoms with Crippen molar-refractivity contribution in [2.75, 3.05) is 11.9 Å². The molecule has 1 heterocycles. The third kappa shape index (κ3) is 3.00. The Morgan fingerprint density at radius 3 is 2.65 bits per heavy atom. The third-order valence-electron chi connectivity index (χ3n) is 2.56. The van der Waals surface area contributed by atoms with Crippen molar-refractivity contribution >= 4 is 5.69 Å². The number of nitrogens with one attached hydrogen (secondary N) is 1. The van der Waals surface area contributed by atoms with E-state index in [0.29, 0.717) is 6.61 Å². The molecule has 0 spiro atoms. The number of aromatic nitrogens is 2. The number of benzene rings is 1. The van der Waals surface area contributed by atoms with Crippen molar-refractivity contribution in [3.05, 3.63) is 42.5 Å². The molecule has 17 heavy (non-hydrogen) atoms. The van der Waals surface area contributed by atoms with Gasteiger partial charge in [-0.2, -0.15) is 0 Å². The smallest absolute Gasteiger partial charge is 0.119 e. The molecule has 2 aromatic rings. The number of hydrogen-bond donors (Lipinski definition) is 1. The van der Waals surface area contributed by atoms with E-state index in [1.54, 1.807) is 6.33 Å². The Labute approximate surface area is 101 Å². The lowest BCUT2D eigenvalue weighted by molar-refractivity contribution is 0.340. The molecule has 0 aliphatic rings. The first-order chi connectivity index (χ1) is 8.29. The number of rotatable bonds is 5. The van der Waals surface area contributed by atoms with Crippen LogP contribution in [0.25, 0.3) is 0 Å². The van der Waals surface area contributed by atoms with Crippen molar-refractivity contribution in [1.29, 1.82) is 0 Å². The summed E-state index contributed by atoms with van der Waals surface area (Å²) in [6, 6.07) is 7.97. The van der Waals surface area contributed by atoms with Gasteiger partial charge in [0.15, 0.2) is 0 Å². The minimum absolute atomic E-state index is 0.696. The number of anilines is 1. The van der Waals surface area contributed by atoms with Gasteiger partial charge in [-0.1, -0.05) is 0 Å². The van der Waals surface area contributed by atoms with Crippen molar-refractivity contribution in [3.63, 3.8) is 0 Å². The summed E-state index contributed by atoms with van der Waals surface area (Å²) in [5, 5.41) is 3.34. The zero-order valence-electron chi connectivity index (χ0n) is 10.2. The standard InChI is InChI=1S/C13H17N3O/c1-3-17-13-6-4-11(5-7-13)15-9-12-8-14-10-16(12)2/h4-8,10,15H,3,9H2,1-2H3. The second-order valence-electron chi connectivity index (χ2n) is 3.81.